The van der Waals surface area contributed by atoms with Crippen LogP contribution in [0, 0.1) is 0 Å². The van der Waals surface area contributed by atoms with Crippen molar-refractivity contribution in [2.24, 2.45) is 10.7 Å². The Balaban J connectivity index is 1.92. The number of hydrogen-bond donors (Lipinski definition) is 3. The van der Waals surface area contributed by atoms with Gasteiger partial charge in [-0.2, -0.15) is 0 Å². The van der Waals surface area contributed by atoms with Crippen LogP contribution in [0.3, 0.4) is 0 Å². The van der Waals surface area contributed by atoms with Crippen LogP contribution in [0.4, 0.5) is 0 Å². The van der Waals surface area contributed by atoms with Gasteiger partial charge in [-0.3, -0.25) is 4.79 Å². The van der Waals surface area contributed by atoms with Crippen LogP contribution in [0.15, 0.2) is 46.8 Å². The number of nitrogens with two attached hydrogens (primary N) is 1. The summed E-state index contributed by atoms with van der Waals surface area (Å²) >= 11 is 1.76. The highest BCUT2D eigenvalue weighted by Gasteiger charge is 2.02. The molecule has 1 aromatic heterocycles. The number of benzene rings is 1. The number of nitrogens with zero attached hydrogens (tertiary/aromatic N) is 1. The van der Waals surface area contributed by atoms with E-state index in [9.17, 15) is 4.79 Å². The molecule has 0 aliphatic heterocycles. The smallest absolute Gasteiger partial charge is 0.248 e. The minimum absolute atomic E-state index is 0.420. The lowest BCUT2D eigenvalue weighted by Crippen LogP contribution is -2.38. The van der Waals surface area contributed by atoms with Crippen molar-refractivity contribution in [2.45, 2.75) is 19.9 Å². The summed E-state index contributed by atoms with van der Waals surface area (Å²) in [5, 5.41) is 8.63. The summed E-state index contributed by atoms with van der Waals surface area (Å²) in [5.74, 6) is 0.352. The average Bonchev–Trinajstić information content (AvgIpc) is 3.06. The van der Waals surface area contributed by atoms with Crippen LogP contribution in [0.25, 0.3) is 0 Å². The SMILES string of the molecule is CCNC(=NCc1cccc(C(N)=O)c1)NCCc1cccs1. The van der Waals surface area contributed by atoms with Crippen LogP contribution in [-0.4, -0.2) is 25.0 Å². The molecule has 4 N–H and O–H groups in total. The molecule has 2 rings (SSSR count). The first-order valence-electron chi connectivity index (χ1n) is 7.62. The lowest BCUT2D eigenvalue weighted by molar-refractivity contribution is 0.1000. The van der Waals surface area contributed by atoms with E-state index in [0.717, 1.165) is 31.0 Å². The molecule has 0 atom stereocenters. The minimum Gasteiger partial charge on any atom is -0.366 e. The van der Waals surface area contributed by atoms with Gasteiger partial charge in [-0.25, -0.2) is 4.99 Å². The van der Waals surface area contributed by atoms with E-state index in [1.807, 2.05) is 19.1 Å². The van der Waals surface area contributed by atoms with Crippen molar-refractivity contribution in [3.05, 3.63) is 57.8 Å². The Hall–Kier alpha value is -2.34. The zero-order chi connectivity index (χ0) is 16.5. The Labute approximate surface area is 140 Å². The van der Waals surface area contributed by atoms with Crippen LogP contribution in [0.1, 0.15) is 27.7 Å². The first-order chi connectivity index (χ1) is 11.2. The molecule has 0 radical (unpaired) electrons. The molecular weight excluding hydrogens is 308 g/mol. The van der Waals surface area contributed by atoms with E-state index in [-0.39, 0.29) is 0 Å². The second-order valence-electron chi connectivity index (χ2n) is 5.02. The second kappa shape index (κ2) is 8.95. The van der Waals surface area contributed by atoms with Crippen molar-refractivity contribution in [1.29, 1.82) is 0 Å². The number of amides is 1. The molecule has 5 nitrogen and oxygen atoms in total. The number of thiophene rings is 1. The topological polar surface area (TPSA) is 79.5 Å². The summed E-state index contributed by atoms with van der Waals surface area (Å²) in [6, 6.07) is 11.4. The molecule has 0 saturated carbocycles. The Kier molecular flexibility index (Phi) is 6.62. The zero-order valence-corrected chi connectivity index (χ0v) is 14.0. The average molecular weight is 330 g/mol. The van der Waals surface area contributed by atoms with Gasteiger partial charge in [0.25, 0.3) is 0 Å². The molecule has 122 valence electrons. The summed E-state index contributed by atoms with van der Waals surface area (Å²) in [4.78, 5) is 17.1. The largest absolute Gasteiger partial charge is 0.366 e. The monoisotopic (exact) mass is 330 g/mol. The van der Waals surface area contributed by atoms with E-state index in [1.165, 1.54) is 4.88 Å². The Morgan fingerprint density at radius 3 is 2.83 bits per heavy atom. The van der Waals surface area contributed by atoms with E-state index in [4.69, 9.17) is 5.73 Å². The van der Waals surface area contributed by atoms with Crippen LogP contribution in [0.5, 0.6) is 0 Å². The van der Waals surface area contributed by atoms with Gasteiger partial charge in [0, 0.05) is 23.5 Å². The van der Waals surface area contributed by atoms with Crippen molar-refractivity contribution in [2.75, 3.05) is 13.1 Å². The van der Waals surface area contributed by atoms with Crippen LogP contribution in [-0.2, 0) is 13.0 Å². The Morgan fingerprint density at radius 2 is 2.13 bits per heavy atom. The van der Waals surface area contributed by atoms with E-state index in [0.29, 0.717) is 12.1 Å². The third kappa shape index (κ3) is 5.75. The highest BCUT2D eigenvalue weighted by molar-refractivity contribution is 7.09. The summed E-state index contributed by atoms with van der Waals surface area (Å²) in [6.45, 7) is 4.15. The number of carbonyl (C=O) groups is 1. The van der Waals surface area contributed by atoms with Crippen molar-refractivity contribution in [3.63, 3.8) is 0 Å². The van der Waals surface area contributed by atoms with Gasteiger partial charge < -0.3 is 16.4 Å². The molecule has 1 amide bonds. The van der Waals surface area contributed by atoms with Gasteiger partial charge in [0.15, 0.2) is 5.96 Å². The third-order valence-electron chi connectivity index (χ3n) is 3.22. The van der Waals surface area contributed by atoms with E-state index in [1.54, 1.807) is 23.5 Å². The summed E-state index contributed by atoms with van der Waals surface area (Å²) in [7, 11) is 0. The van der Waals surface area contributed by atoms with Gasteiger partial charge in [-0.05, 0) is 42.5 Å². The first kappa shape index (κ1) is 17.0. The van der Waals surface area contributed by atoms with Gasteiger partial charge >= 0.3 is 0 Å². The molecule has 0 spiro atoms. The molecule has 1 aromatic carbocycles. The first-order valence-corrected chi connectivity index (χ1v) is 8.50. The number of rotatable bonds is 7. The maximum Gasteiger partial charge on any atom is 0.248 e. The Morgan fingerprint density at radius 1 is 1.26 bits per heavy atom. The van der Waals surface area contributed by atoms with Gasteiger partial charge in [0.2, 0.25) is 5.91 Å². The fourth-order valence-corrected chi connectivity index (χ4v) is 2.80. The molecule has 6 heteroatoms. The fourth-order valence-electron chi connectivity index (χ4n) is 2.09. The van der Waals surface area contributed by atoms with E-state index >= 15 is 0 Å². The minimum atomic E-state index is -0.420. The van der Waals surface area contributed by atoms with Crippen LogP contribution >= 0.6 is 11.3 Å². The molecule has 0 fully saturated rings. The fraction of sp³-hybridized carbons (Fsp3) is 0.294. The standard InChI is InChI=1S/C17H22N4OS/c1-2-19-17(20-9-8-15-7-4-10-23-15)21-12-13-5-3-6-14(11-13)16(18)22/h3-7,10-11H,2,8-9,12H2,1H3,(H2,18,22)(H2,19,20,21). The van der Waals surface area contributed by atoms with Crippen LogP contribution in [0.2, 0.25) is 0 Å². The van der Waals surface area contributed by atoms with Crippen molar-refractivity contribution >= 4 is 23.2 Å². The maximum atomic E-state index is 11.2. The lowest BCUT2D eigenvalue weighted by atomic mass is 10.1. The normalized spacial score (nSPS) is 11.3. The van der Waals surface area contributed by atoms with Crippen molar-refractivity contribution < 1.29 is 4.79 Å². The lowest BCUT2D eigenvalue weighted by Gasteiger charge is -2.11. The molecule has 0 aliphatic carbocycles. The highest BCUT2D eigenvalue weighted by atomic mass is 32.1. The Bertz CT molecular complexity index is 652. The van der Waals surface area contributed by atoms with E-state index < -0.39 is 5.91 Å². The highest BCUT2D eigenvalue weighted by Crippen LogP contribution is 2.08. The number of carbonyl (C=O) groups excluding carboxylic acids is 1. The van der Waals surface area contributed by atoms with Gasteiger partial charge in [-0.15, -0.1) is 11.3 Å². The molecule has 0 bridgehead atoms. The summed E-state index contributed by atoms with van der Waals surface area (Å²) < 4.78 is 0. The molecule has 0 saturated heterocycles. The predicted molar refractivity (Wildman–Crippen MR) is 95.8 cm³/mol. The van der Waals surface area contributed by atoms with Crippen molar-refractivity contribution in [1.82, 2.24) is 10.6 Å². The molecule has 1 heterocycles. The van der Waals surface area contributed by atoms with Gasteiger partial charge in [0.05, 0.1) is 6.54 Å². The molecular formula is C17H22N4OS. The van der Waals surface area contributed by atoms with E-state index in [2.05, 4.69) is 33.1 Å². The van der Waals surface area contributed by atoms with Gasteiger partial charge in [0.1, 0.15) is 0 Å². The number of aliphatic imine (C=N–C) groups is 1. The van der Waals surface area contributed by atoms with Crippen LogP contribution < -0.4 is 16.4 Å². The van der Waals surface area contributed by atoms with Gasteiger partial charge in [-0.1, -0.05) is 18.2 Å². The summed E-state index contributed by atoms with van der Waals surface area (Å²) in [6.07, 6.45) is 0.971. The molecule has 0 unspecified atom stereocenters. The molecule has 2 aromatic rings. The molecule has 23 heavy (non-hydrogen) atoms. The summed E-state index contributed by atoms with van der Waals surface area (Å²) in [5.41, 5.74) is 6.76. The number of primary amides is 1. The van der Waals surface area contributed by atoms with Crippen molar-refractivity contribution in [3.8, 4) is 0 Å². The quantitative estimate of drug-likeness (QED) is 0.537. The number of hydrogen-bond acceptors (Lipinski definition) is 3. The number of guanidine groups is 1. The number of nitrogens with one attached hydrogen (secondary N) is 2. The third-order valence-corrected chi connectivity index (χ3v) is 4.16. The zero-order valence-electron chi connectivity index (χ0n) is 13.2. The second-order valence-corrected chi connectivity index (χ2v) is 6.05. The predicted octanol–water partition coefficient (Wildman–Crippen LogP) is 2.14. The molecule has 0 aliphatic rings. The maximum absolute atomic E-state index is 11.2.